The Morgan fingerprint density at radius 3 is 2.65 bits per heavy atom. The fraction of sp³-hybridized carbons (Fsp3) is 0.158. The summed E-state index contributed by atoms with van der Waals surface area (Å²) in [6.07, 6.45) is -3.18. The van der Waals surface area contributed by atoms with E-state index in [0.29, 0.717) is 22.3 Å². The highest BCUT2D eigenvalue weighted by molar-refractivity contribution is 9.08. The first kappa shape index (κ1) is 18.2. The van der Waals surface area contributed by atoms with E-state index in [0.717, 1.165) is 11.6 Å². The van der Waals surface area contributed by atoms with Gasteiger partial charge in [-0.3, -0.25) is 4.99 Å². The van der Waals surface area contributed by atoms with Crippen LogP contribution in [0, 0.1) is 11.3 Å². The number of halogens is 4. The van der Waals surface area contributed by atoms with Gasteiger partial charge in [-0.25, -0.2) is 0 Å². The van der Waals surface area contributed by atoms with Crippen molar-refractivity contribution in [1.29, 1.82) is 5.26 Å². The number of hydrogen-bond acceptors (Lipinski definition) is 3. The van der Waals surface area contributed by atoms with Crippen molar-refractivity contribution in [2.24, 2.45) is 4.99 Å². The molecule has 0 saturated heterocycles. The van der Waals surface area contributed by atoms with Gasteiger partial charge in [0.25, 0.3) is 0 Å². The first-order valence-electron chi connectivity index (χ1n) is 7.70. The molecule has 7 heteroatoms. The van der Waals surface area contributed by atoms with Crippen LogP contribution in [-0.4, -0.2) is 12.3 Å². The number of nitrogens with zero attached hydrogens (tertiary/aromatic N) is 2. The third-order valence-corrected chi connectivity index (χ3v) is 4.57. The summed E-state index contributed by atoms with van der Waals surface area (Å²) in [5.74, 6) is 0. The van der Waals surface area contributed by atoms with Gasteiger partial charge in [0.2, 0.25) is 0 Å². The number of fused-ring (bicyclic) bond motifs is 1. The molecule has 26 heavy (non-hydrogen) atoms. The molecule has 0 fully saturated rings. The zero-order chi connectivity index (χ0) is 18.7. The summed E-state index contributed by atoms with van der Waals surface area (Å²) in [5, 5.41) is 12.6. The molecule has 1 aliphatic rings. The largest absolute Gasteiger partial charge is 0.417 e. The summed E-state index contributed by atoms with van der Waals surface area (Å²) in [6.45, 7) is 0.0907. The molecule has 0 radical (unpaired) electrons. The predicted molar refractivity (Wildman–Crippen MR) is 98.3 cm³/mol. The van der Waals surface area contributed by atoms with E-state index < -0.39 is 11.7 Å². The van der Waals surface area contributed by atoms with Crippen molar-refractivity contribution in [2.45, 2.75) is 11.5 Å². The van der Waals surface area contributed by atoms with Gasteiger partial charge in [0.15, 0.2) is 0 Å². The molecule has 0 aliphatic carbocycles. The van der Waals surface area contributed by atoms with Crippen molar-refractivity contribution in [3.05, 3.63) is 76.5 Å². The van der Waals surface area contributed by atoms with Crippen LogP contribution in [0.15, 0.2) is 59.2 Å². The lowest BCUT2D eigenvalue weighted by Gasteiger charge is -2.16. The fourth-order valence-electron chi connectivity index (χ4n) is 2.77. The van der Waals surface area contributed by atoms with E-state index in [9.17, 15) is 13.2 Å². The summed E-state index contributed by atoms with van der Waals surface area (Å²) in [7, 11) is 0. The lowest BCUT2D eigenvalue weighted by Crippen LogP contribution is -2.15. The lowest BCUT2D eigenvalue weighted by molar-refractivity contribution is -0.137. The van der Waals surface area contributed by atoms with Crippen molar-refractivity contribution in [3.8, 4) is 6.07 Å². The Kier molecular flexibility index (Phi) is 5.14. The molecule has 0 aromatic heterocycles. The zero-order valence-electron chi connectivity index (χ0n) is 13.4. The Morgan fingerprint density at radius 2 is 1.96 bits per heavy atom. The van der Waals surface area contributed by atoms with Crippen LogP contribution in [0.4, 0.5) is 18.9 Å². The molecule has 2 aromatic carbocycles. The van der Waals surface area contributed by atoms with Crippen molar-refractivity contribution < 1.29 is 13.2 Å². The highest BCUT2D eigenvalue weighted by Gasteiger charge is 2.35. The molecule has 3 rings (SSSR count). The molecule has 1 N–H and O–H groups in total. The highest BCUT2D eigenvalue weighted by atomic mass is 79.9. The van der Waals surface area contributed by atoms with Gasteiger partial charge in [0.1, 0.15) is 0 Å². The van der Waals surface area contributed by atoms with Crippen molar-refractivity contribution >= 4 is 27.3 Å². The van der Waals surface area contributed by atoms with Crippen molar-refractivity contribution in [2.75, 3.05) is 11.9 Å². The Labute approximate surface area is 157 Å². The maximum Gasteiger partial charge on any atom is 0.417 e. The normalized spacial score (nSPS) is 15.5. The number of alkyl halides is 4. The summed E-state index contributed by atoms with van der Waals surface area (Å²) >= 11 is 3.37. The van der Waals surface area contributed by atoms with Gasteiger partial charge in [0.05, 0.1) is 23.9 Å². The lowest BCUT2D eigenvalue weighted by atomic mass is 9.95. The van der Waals surface area contributed by atoms with Gasteiger partial charge < -0.3 is 5.32 Å². The van der Waals surface area contributed by atoms with E-state index in [4.69, 9.17) is 5.26 Å². The first-order valence-corrected chi connectivity index (χ1v) is 8.82. The quantitative estimate of drug-likeness (QED) is 0.532. The van der Waals surface area contributed by atoms with Gasteiger partial charge in [-0.1, -0.05) is 40.2 Å². The minimum Gasteiger partial charge on any atom is -0.356 e. The number of hydrogen-bond donors (Lipinski definition) is 1. The minimum absolute atomic E-state index is 0.0213. The van der Waals surface area contributed by atoms with E-state index in [1.807, 2.05) is 12.1 Å². The summed E-state index contributed by atoms with van der Waals surface area (Å²) in [6, 6.07) is 12.8. The van der Waals surface area contributed by atoms with Crippen LogP contribution in [0.1, 0.15) is 22.3 Å². The van der Waals surface area contributed by atoms with E-state index >= 15 is 0 Å². The molecule has 0 atom stereocenters. The van der Waals surface area contributed by atoms with Crippen LogP contribution in [0.25, 0.3) is 0 Å². The number of rotatable bonds is 2. The molecule has 0 amide bonds. The second-order valence-corrected chi connectivity index (χ2v) is 6.21. The smallest absolute Gasteiger partial charge is 0.356 e. The molecule has 132 valence electrons. The zero-order valence-corrected chi connectivity index (χ0v) is 15.0. The van der Waals surface area contributed by atoms with Crippen molar-refractivity contribution in [3.63, 3.8) is 0 Å². The molecule has 3 nitrogen and oxygen atoms in total. The van der Waals surface area contributed by atoms with Crippen LogP contribution in [0.3, 0.4) is 0 Å². The Bertz CT molecular complexity index is 940. The molecule has 1 aliphatic heterocycles. The Morgan fingerprint density at radius 1 is 1.19 bits per heavy atom. The monoisotopic (exact) mass is 419 g/mol. The molecule has 0 bridgehead atoms. The number of allylic oxidation sites excluding steroid dienone is 1. The maximum atomic E-state index is 13.5. The van der Waals surface area contributed by atoms with Crippen LogP contribution < -0.4 is 5.32 Å². The van der Waals surface area contributed by atoms with Gasteiger partial charge in [-0.15, -0.1) is 0 Å². The second-order valence-electron chi connectivity index (χ2n) is 5.65. The number of aliphatic imine (C=N–C) groups is 1. The molecule has 1 heterocycles. The van der Waals surface area contributed by atoms with Gasteiger partial charge in [0, 0.05) is 33.9 Å². The summed E-state index contributed by atoms with van der Waals surface area (Å²) in [5.41, 5.74) is 2.17. The molecule has 0 saturated carbocycles. The predicted octanol–water partition coefficient (Wildman–Crippen LogP) is 5.27. The summed E-state index contributed by atoms with van der Waals surface area (Å²) < 4.78 is 40.5. The van der Waals surface area contributed by atoms with Gasteiger partial charge >= 0.3 is 6.18 Å². The number of benzene rings is 2. The van der Waals surface area contributed by atoms with Gasteiger partial charge in [-0.2, -0.15) is 18.4 Å². The number of anilines is 1. The highest BCUT2D eigenvalue weighted by Crippen LogP contribution is 2.35. The third kappa shape index (κ3) is 3.65. The SMILES string of the molecule is N#CC=C1CN=C(c2ccccc2C(F)(F)F)c2cc(CBr)ccc2N1. The Hall–Kier alpha value is -2.59. The topological polar surface area (TPSA) is 48.2 Å². The fourth-order valence-corrected chi connectivity index (χ4v) is 3.12. The van der Waals surface area contributed by atoms with Crippen molar-refractivity contribution in [1.82, 2.24) is 0 Å². The van der Waals surface area contributed by atoms with Crippen LogP contribution in [0.5, 0.6) is 0 Å². The number of nitriles is 1. The second kappa shape index (κ2) is 7.34. The van der Waals surface area contributed by atoms with E-state index in [1.54, 1.807) is 18.2 Å². The van der Waals surface area contributed by atoms with E-state index in [1.165, 1.54) is 18.2 Å². The minimum atomic E-state index is -4.49. The van der Waals surface area contributed by atoms with Crippen LogP contribution in [-0.2, 0) is 11.5 Å². The summed E-state index contributed by atoms with van der Waals surface area (Å²) in [4.78, 5) is 4.40. The first-order chi connectivity index (χ1) is 12.4. The molecule has 2 aromatic rings. The molecule has 0 unspecified atom stereocenters. The van der Waals surface area contributed by atoms with Gasteiger partial charge in [-0.05, 0) is 23.8 Å². The van der Waals surface area contributed by atoms with E-state index in [2.05, 4.69) is 26.2 Å². The molecule has 0 spiro atoms. The Balaban J connectivity index is 2.25. The average molecular weight is 420 g/mol. The number of nitrogens with one attached hydrogen (secondary N) is 1. The van der Waals surface area contributed by atoms with E-state index in [-0.39, 0.29) is 17.8 Å². The molecular weight excluding hydrogens is 407 g/mol. The third-order valence-electron chi connectivity index (χ3n) is 3.92. The average Bonchev–Trinajstić information content (AvgIpc) is 2.80. The maximum absolute atomic E-state index is 13.5. The van der Waals surface area contributed by atoms with Crippen LogP contribution >= 0.6 is 15.9 Å². The standard InChI is InChI=1S/C19H13BrF3N3/c20-10-12-5-6-17-15(9-12)18(25-11-13(26-17)7-8-24)14-3-1-2-4-16(14)19(21,22)23/h1-7,9,26H,10-11H2. The molecular formula is C19H13BrF3N3. The van der Waals surface area contributed by atoms with Crippen LogP contribution in [0.2, 0.25) is 0 Å². The number of benzodiazepines with no additional fused rings is 1.